The standard InChI is InChI=1S/C18H22F3N3O/c1-4-6-10-25-16-15(18(19,20)21)12-22-17(23-16)24(5-2)14-9-7-8-13(3)11-14/h7-9,11-12H,4-6,10H2,1-3H3. The van der Waals surface area contributed by atoms with E-state index in [9.17, 15) is 13.2 Å². The molecule has 2 aromatic rings. The van der Waals surface area contributed by atoms with Crippen molar-refractivity contribution in [3.63, 3.8) is 0 Å². The maximum absolute atomic E-state index is 13.2. The zero-order chi connectivity index (χ0) is 18.4. The molecule has 0 bridgehead atoms. The number of anilines is 2. The molecule has 0 N–H and O–H groups in total. The second kappa shape index (κ2) is 8.18. The van der Waals surface area contributed by atoms with Gasteiger partial charge in [-0.1, -0.05) is 25.5 Å². The Balaban J connectivity index is 2.41. The maximum Gasteiger partial charge on any atom is 0.423 e. The Morgan fingerprint density at radius 3 is 2.56 bits per heavy atom. The Kier molecular flexibility index (Phi) is 6.22. The van der Waals surface area contributed by atoms with E-state index >= 15 is 0 Å². The largest absolute Gasteiger partial charge is 0.477 e. The van der Waals surface area contributed by atoms with Crippen LogP contribution in [-0.2, 0) is 6.18 Å². The van der Waals surface area contributed by atoms with Gasteiger partial charge in [-0.15, -0.1) is 0 Å². The first kappa shape index (κ1) is 19.0. The van der Waals surface area contributed by atoms with Crippen LogP contribution in [0.3, 0.4) is 0 Å². The molecule has 1 aromatic heterocycles. The van der Waals surface area contributed by atoms with Gasteiger partial charge >= 0.3 is 6.18 Å². The highest BCUT2D eigenvalue weighted by Crippen LogP contribution is 2.36. The third-order valence-corrected chi connectivity index (χ3v) is 3.65. The van der Waals surface area contributed by atoms with Gasteiger partial charge in [-0.25, -0.2) is 4.98 Å². The molecule has 4 nitrogen and oxygen atoms in total. The summed E-state index contributed by atoms with van der Waals surface area (Å²) < 4.78 is 44.8. The second-order valence-electron chi connectivity index (χ2n) is 5.67. The molecule has 0 aliphatic carbocycles. The van der Waals surface area contributed by atoms with Crippen LogP contribution in [0.2, 0.25) is 0 Å². The molecule has 0 amide bonds. The van der Waals surface area contributed by atoms with E-state index in [1.165, 1.54) is 0 Å². The fraction of sp³-hybridized carbons (Fsp3) is 0.444. The molecular weight excluding hydrogens is 331 g/mol. The predicted molar refractivity (Wildman–Crippen MR) is 91.3 cm³/mol. The molecule has 0 saturated heterocycles. The number of aryl methyl sites for hydroxylation is 1. The van der Waals surface area contributed by atoms with Crippen LogP contribution in [-0.4, -0.2) is 23.1 Å². The number of halogens is 3. The van der Waals surface area contributed by atoms with E-state index in [1.54, 1.807) is 4.90 Å². The molecule has 7 heteroatoms. The number of aromatic nitrogens is 2. The van der Waals surface area contributed by atoms with E-state index in [0.717, 1.165) is 23.9 Å². The van der Waals surface area contributed by atoms with Gasteiger partial charge in [0.05, 0.1) is 6.61 Å². The van der Waals surface area contributed by atoms with Crippen LogP contribution in [0.5, 0.6) is 5.88 Å². The molecular formula is C18H22F3N3O. The number of rotatable bonds is 7. The van der Waals surface area contributed by atoms with E-state index in [-0.39, 0.29) is 12.6 Å². The first-order valence-corrected chi connectivity index (χ1v) is 8.28. The van der Waals surface area contributed by atoms with Crippen molar-refractivity contribution in [2.45, 2.75) is 39.8 Å². The van der Waals surface area contributed by atoms with Gasteiger partial charge in [0.1, 0.15) is 5.56 Å². The van der Waals surface area contributed by atoms with Gasteiger partial charge in [0.25, 0.3) is 0 Å². The SMILES string of the molecule is CCCCOc1nc(N(CC)c2cccc(C)c2)ncc1C(F)(F)F. The summed E-state index contributed by atoms with van der Waals surface area (Å²) >= 11 is 0. The number of unbranched alkanes of at least 4 members (excludes halogenated alkanes) is 1. The minimum atomic E-state index is -4.56. The number of alkyl halides is 3. The normalized spacial score (nSPS) is 11.4. The smallest absolute Gasteiger partial charge is 0.423 e. The minimum absolute atomic E-state index is 0.187. The number of hydrogen-bond acceptors (Lipinski definition) is 4. The molecule has 0 spiro atoms. The Morgan fingerprint density at radius 1 is 1.20 bits per heavy atom. The predicted octanol–water partition coefficient (Wildman–Crippen LogP) is 5.14. The lowest BCUT2D eigenvalue weighted by molar-refractivity contribution is -0.139. The molecule has 2 rings (SSSR count). The van der Waals surface area contributed by atoms with Gasteiger partial charge in [-0.05, 0) is 38.0 Å². The molecule has 136 valence electrons. The average Bonchev–Trinajstić information content (AvgIpc) is 2.55. The zero-order valence-electron chi connectivity index (χ0n) is 14.6. The summed E-state index contributed by atoms with van der Waals surface area (Å²) in [7, 11) is 0. The number of benzene rings is 1. The number of hydrogen-bond donors (Lipinski definition) is 0. The fourth-order valence-electron chi connectivity index (χ4n) is 2.34. The highest BCUT2D eigenvalue weighted by atomic mass is 19.4. The van der Waals surface area contributed by atoms with Crippen molar-refractivity contribution in [3.05, 3.63) is 41.6 Å². The summed E-state index contributed by atoms with van der Waals surface area (Å²) in [6, 6.07) is 7.64. The van der Waals surface area contributed by atoms with Crippen LogP contribution in [0.15, 0.2) is 30.5 Å². The molecule has 0 saturated carbocycles. The third-order valence-electron chi connectivity index (χ3n) is 3.65. The van der Waals surface area contributed by atoms with Gasteiger partial charge in [0.2, 0.25) is 11.8 Å². The van der Waals surface area contributed by atoms with Gasteiger partial charge < -0.3 is 9.64 Å². The van der Waals surface area contributed by atoms with Crippen molar-refractivity contribution in [1.29, 1.82) is 0 Å². The maximum atomic E-state index is 13.2. The van der Waals surface area contributed by atoms with Crippen molar-refractivity contribution in [3.8, 4) is 5.88 Å². The summed E-state index contributed by atoms with van der Waals surface area (Å²) in [5.41, 5.74) is 0.914. The number of nitrogens with zero attached hydrogens (tertiary/aromatic N) is 3. The second-order valence-corrected chi connectivity index (χ2v) is 5.67. The van der Waals surface area contributed by atoms with Crippen molar-refractivity contribution in [2.75, 3.05) is 18.1 Å². The quantitative estimate of drug-likeness (QED) is 0.646. The third kappa shape index (κ3) is 4.84. The summed E-state index contributed by atoms with van der Waals surface area (Å²) in [4.78, 5) is 9.74. The van der Waals surface area contributed by atoms with Crippen LogP contribution < -0.4 is 9.64 Å². The highest BCUT2D eigenvalue weighted by molar-refractivity contribution is 5.58. The summed E-state index contributed by atoms with van der Waals surface area (Å²) in [5, 5.41) is 0. The Bertz CT molecular complexity index is 704. The van der Waals surface area contributed by atoms with E-state index in [4.69, 9.17) is 4.74 Å². The molecule has 1 heterocycles. The van der Waals surface area contributed by atoms with E-state index < -0.39 is 17.6 Å². The monoisotopic (exact) mass is 353 g/mol. The summed E-state index contributed by atoms with van der Waals surface area (Å²) in [6.45, 7) is 6.48. The average molecular weight is 353 g/mol. The van der Waals surface area contributed by atoms with Crippen LogP contribution >= 0.6 is 0 Å². The van der Waals surface area contributed by atoms with Gasteiger partial charge in [-0.2, -0.15) is 18.2 Å². The lowest BCUT2D eigenvalue weighted by atomic mass is 10.2. The van der Waals surface area contributed by atoms with Gasteiger partial charge in [-0.3, -0.25) is 0 Å². The molecule has 0 atom stereocenters. The molecule has 1 aromatic carbocycles. The summed E-state index contributed by atoms with van der Waals surface area (Å²) in [5.74, 6) is -0.232. The van der Waals surface area contributed by atoms with Crippen molar-refractivity contribution in [2.24, 2.45) is 0 Å². The van der Waals surface area contributed by atoms with Gasteiger partial charge in [0.15, 0.2) is 0 Å². The van der Waals surface area contributed by atoms with Crippen LogP contribution in [0.4, 0.5) is 24.8 Å². The summed E-state index contributed by atoms with van der Waals surface area (Å²) in [6.07, 6.45) is -2.28. The first-order valence-electron chi connectivity index (χ1n) is 8.28. The van der Waals surface area contributed by atoms with Crippen LogP contribution in [0.25, 0.3) is 0 Å². The highest BCUT2D eigenvalue weighted by Gasteiger charge is 2.36. The Hall–Kier alpha value is -2.31. The lowest BCUT2D eigenvalue weighted by Crippen LogP contribution is -2.21. The van der Waals surface area contributed by atoms with E-state index in [0.29, 0.717) is 13.0 Å². The van der Waals surface area contributed by atoms with E-state index in [2.05, 4.69) is 9.97 Å². The molecule has 0 fully saturated rings. The Morgan fingerprint density at radius 2 is 1.96 bits per heavy atom. The molecule has 0 aliphatic heterocycles. The molecule has 0 aliphatic rings. The minimum Gasteiger partial charge on any atom is -0.477 e. The number of ether oxygens (including phenoxy) is 1. The molecule has 0 unspecified atom stereocenters. The van der Waals surface area contributed by atoms with Crippen molar-refractivity contribution < 1.29 is 17.9 Å². The molecule has 0 radical (unpaired) electrons. The van der Waals surface area contributed by atoms with Gasteiger partial charge in [0, 0.05) is 18.4 Å². The van der Waals surface area contributed by atoms with Crippen molar-refractivity contribution in [1.82, 2.24) is 9.97 Å². The van der Waals surface area contributed by atoms with Crippen molar-refractivity contribution >= 4 is 11.6 Å². The first-order chi connectivity index (χ1) is 11.9. The fourth-order valence-corrected chi connectivity index (χ4v) is 2.34. The van der Waals surface area contributed by atoms with E-state index in [1.807, 2.05) is 45.0 Å². The molecule has 25 heavy (non-hydrogen) atoms. The van der Waals surface area contributed by atoms with Crippen LogP contribution in [0.1, 0.15) is 37.8 Å². The Labute approximate surface area is 145 Å². The topological polar surface area (TPSA) is 38.2 Å². The zero-order valence-corrected chi connectivity index (χ0v) is 14.6. The van der Waals surface area contributed by atoms with Crippen LogP contribution in [0, 0.1) is 6.92 Å². The lowest BCUT2D eigenvalue weighted by Gasteiger charge is -2.22.